The van der Waals surface area contributed by atoms with Gasteiger partial charge in [-0.15, -0.1) is 10.2 Å². The first-order valence-corrected chi connectivity index (χ1v) is 15.2. The topological polar surface area (TPSA) is 84.2 Å². The Morgan fingerprint density at radius 3 is 2.59 bits per heavy atom. The number of nitrogens with zero attached hydrogens (tertiary/aromatic N) is 6. The van der Waals surface area contributed by atoms with Crippen LogP contribution in [0.25, 0.3) is 22.1 Å². The number of carbonyl (C=O) groups excluding carboxylic acids is 2. The molecule has 2 aromatic carbocycles. The van der Waals surface area contributed by atoms with Crippen LogP contribution in [0, 0.1) is 5.92 Å². The zero-order valence-corrected chi connectivity index (χ0v) is 24.9. The third kappa shape index (κ3) is 6.11. The van der Waals surface area contributed by atoms with Gasteiger partial charge in [0.25, 0.3) is 0 Å². The van der Waals surface area contributed by atoms with Crippen molar-refractivity contribution < 1.29 is 9.59 Å². The smallest absolute Gasteiger partial charge is 0.225 e. The summed E-state index contributed by atoms with van der Waals surface area (Å²) in [4.78, 5) is 33.9. The minimum absolute atomic E-state index is 0.0235. The maximum atomic E-state index is 12.8. The lowest BCUT2D eigenvalue weighted by Crippen LogP contribution is -2.56. The van der Waals surface area contributed by atoms with Gasteiger partial charge < -0.3 is 14.4 Å². The summed E-state index contributed by atoms with van der Waals surface area (Å²) < 4.78 is 3.24. The molecule has 0 saturated carbocycles. The van der Waals surface area contributed by atoms with Crippen LogP contribution < -0.4 is 0 Å². The van der Waals surface area contributed by atoms with E-state index in [2.05, 4.69) is 55.0 Å². The fraction of sp³-hybridized carbons (Fsp3) is 0.414. The molecule has 3 heterocycles. The molecule has 0 spiro atoms. The number of aromatic nitrogens is 4. The van der Waals surface area contributed by atoms with Crippen LogP contribution in [0.4, 0.5) is 0 Å². The van der Waals surface area contributed by atoms with Crippen LogP contribution in [0.5, 0.6) is 0 Å². The SMILES string of the molecule is CC(C)C(=O)N1CCN(C(=O)CCCSc2nnc3c4ccccc4n(Cc4ccc(Br)cc4)c3n2)CC1C. The average Bonchev–Trinajstić information content (AvgIpc) is 3.24. The molecule has 1 saturated heterocycles. The Bertz CT molecular complexity index is 1490. The summed E-state index contributed by atoms with van der Waals surface area (Å²) in [6.07, 6.45) is 1.20. The predicted octanol–water partition coefficient (Wildman–Crippen LogP) is 5.38. The van der Waals surface area contributed by atoms with Crippen molar-refractivity contribution in [1.82, 2.24) is 29.5 Å². The second kappa shape index (κ2) is 12.0. The molecular weight excluding hydrogens is 576 g/mol. The molecule has 8 nitrogen and oxygen atoms in total. The van der Waals surface area contributed by atoms with Crippen molar-refractivity contribution in [2.45, 2.75) is 51.4 Å². The Labute approximate surface area is 241 Å². The van der Waals surface area contributed by atoms with Gasteiger partial charge in [0.05, 0.1) is 5.52 Å². The summed E-state index contributed by atoms with van der Waals surface area (Å²) in [5, 5.41) is 10.6. The molecular formula is C29H33BrN6O2S. The minimum atomic E-state index is -0.0235. The molecule has 0 aliphatic carbocycles. The summed E-state index contributed by atoms with van der Waals surface area (Å²) >= 11 is 5.04. The van der Waals surface area contributed by atoms with Gasteiger partial charge in [-0.3, -0.25) is 9.59 Å². The number of amides is 2. The van der Waals surface area contributed by atoms with Crippen LogP contribution >= 0.6 is 27.7 Å². The third-order valence-corrected chi connectivity index (χ3v) is 8.58. The molecule has 0 bridgehead atoms. The Morgan fingerprint density at radius 2 is 1.85 bits per heavy atom. The van der Waals surface area contributed by atoms with Crippen LogP contribution in [0.1, 0.15) is 39.2 Å². The van der Waals surface area contributed by atoms with Crippen molar-refractivity contribution in [3.05, 3.63) is 58.6 Å². The minimum Gasteiger partial charge on any atom is -0.339 e. The van der Waals surface area contributed by atoms with E-state index < -0.39 is 0 Å². The number of benzene rings is 2. The van der Waals surface area contributed by atoms with Gasteiger partial charge in [0, 0.05) is 60.2 Å². The van der Waals surface area contributed by atoms with Crippen molar-refractivity contribution in [3.63, 3.8) is 0 Å². The largest absolute Gasteiger partial charge is 0.339 e. The average molecular weight is 610 g/mol. The normalized spacial score (nSPS) is 16.0. The summed E-state index contributed by atoms with van der Waals surface area (Å²) in [5.74, 6) is 1.01. The van der Waals surface area contributed by atoms with E-state index in [0.717, 1.165) is 38.7 Å². The van der Waals surface area contributed by atoms with Gasteiger partial charge in [-0.25, -0.2) is 4.98 Å². The molecule has 10 heteroatoms. The van der Waals surface area contributed by atoms with Gasteiger partial charge >= 0.3 is 0 Å². The first-order valence-electron chi connectivity index (χ1n) is 13.4. The highest BCUT2D eigenvalue weighted by Gasteiger charge is 2.30. The van der Waals surface area contributed by atoms with E-state index in [1.165, 1.54) is 17.3 Å². The third-order valence-electron chi connectivity index (χ3n) is 7.13. The molecule has 1 aliphatic heterocycles. The number of para-hydroxylation sites is 1. The van der Waals surface area contributed by atoms with E-state index in [0.29, 0.717) is 37.8 Å². The van der Waals surface area contributed by atoms with Gasteiger partial charge in [-0.05, 0) is 37.1 Å². The highest BCUT2D eigenvalue weighted by Crippen LogP contribution is 2.28. The molecule has 1 aliphatic rings. The molecule has 5 rings (SSSR count). The van der Waals surface area contributed by atoms with Crippen molar-refractivity contribution >= 4 is 61.6 Å². The molecule has 2 aromatic heterocycles. The molecule has 1 fully saturated rings. The fourth-order valence-corrected chi connectivity index (χ4v) is 6.06. The molecule has 2 amide bonds. The lowest BCUT2D eigenvalue weighted by molar-refractivity contribution is -0.144. The predicted molar refractivity (Wildman–Crippen MR) is 159 cm³/mol. The quantitative estimate of drug-likeness (QED) is 0.197. The zero-order valence-electron chi connectivity index (χ0n) is 22.5. The Morgan fingerprint density at radius 1 is 1.08 bits per heavy atom. The number of rotatable bonds is 8. The Kier molecular flexibility index (Phi) is 8.52. The Balaban J connectivity index is 1.22. The number of hydrogen-bond donors (Lipinski definition) is 0. The summed E-state index contributed by atoms with van der Waals surface area (Å²) in [7, 11) is 0. The number of hydrogen-bond acceptors (Lipinski definition) is 6. The maximum Gasteiger partial charge on any atom is 0.225 e. The molecule has 4 aromatic rings. The Hall–Kier alpha value is -2.98. The first kappa shape index (κ1) is 27.6. The van der Waals surface area contributed by atoms with Crippen molar-refractivity contribution in [3.8, 4) is 0 Å². The van der Waals surface area contributed by atoms with E-state index in [1.807, 2.05) is 54.8 Å². The van der Waals surface area contributed by atoms with E-state index in [9.17, 15) is 9.59 Å². The highest BCUT2D eigenvalue weighted by molar-refractivity contribution is 9.10. The van der Waals surface area contributed by atoms with Crippen LogP contribution in [-0.4, -0.2) is 72.8 Å². The maximum absolute atomic E-state index is 12.8. The molecule has 1 atom stereocenters. The lowest BCUT2D eigenvalue weighted by Gasteiger charge is -2.40. The lowest BCUT2D eigenvalue weighted by atomic mass is 10.1. The van der Waals surface area contributed by atoms with Crippen molar-refractivity contribution in [1.29, 1.82) is 0 Å². The molecule has 1 unspecified atom stereocenters. The molecule has 39 heavy (non-hydrogen) atoms. The second-order valence-electron chi connectivity index (χ2n) is 10.3. The molecule has 0 radical (unpaired) electrons. The number of fused-ring (bicyclic) bond motifs is 3. The highest BCUT2D eigenvalue weighted by atomic mass is 79.9. The van der Waals surface area contributed by atoms with Crippen LogP contribution in [0.15, 0.2) is 58.2 Å². The standard InChI is InChI=1S/C29H33BrN6O2S/c1-19(2)28(38)35-15-14-34(17-20(35)3)25(37)9-6-16-39-29-31-27-26(32-33-29)23-7-4-5-8-24(23)36(27)18-21-10-12-22(30)13-11-21/h4-5,7-8,10-13,19-20H,6,9,14-18H2,1-3H3. The first-order chi connectivity index (χ1) is 18.8. The van der Waals surface area contributed by atoms with Gasteiger partial charge in [0.1, 0.15) is 5.52 Å². The van der Waals surface area contributed by atoms with E-state index >= 15 is 0 Å². The van der Waals surface area contributed by atoms with Gasteiger partial charge in [-0.1, -0.05) is 71.9 Å². The van der Waals surface area contributed by atoms with Crippen LogP contribution in [0.2, 0.25) is 0 Å². The van der Waals surface area contributed by atoms with Crippen molar-refractivity contribution in [2.75, 3.05) is 25.4 Å². The van der Waals surface area contributed by atoms with E-state index in [4.69, 9.17) is 4.98 Å². The summed E-state index contributed by atoms with van der Waals surface area (Å²) in [6.45, 7) is 8.34. The summed E-state index contributed by atoms with van der Waals surface area (Å²) in [5.41, 5.74) is 3.87. The number of thioether (sulfide) groups is 1. The van der Waals surface area contributed by atoms with E-state index in [-0.39, 0.29) is 23.8 Å². The fourth-order valence-electron chi connectivity index (χ4n) is 5.07. The number of piperazine rings is 1. The number of carbonyl (C=O) groups is 2. The summed E-state index contributed by atoms with van der Waals surface area (Å²) in [6, 6.07) is 16.5. The van der Waals surface area contributed by atoms with Gasteiger partial charge in [0.15, 0.2) is 5.65 Å². The van der Waals surface area contributed by atoms with Crippen LogP contribution in [-0.2, 0) is 16.1 Å². The molecule has 0 N–H and O–H groups in total. The van der Waals surface area contributed by atoms with Crippen molar-refractivity contribution in [2.24, 2.45) is 5.92 Å². The second-order valence-corrected chi connectivity index (χ2v) is 12.3. The van der Waals surface area contributed by atoms with E-state index in [1.54, 1.807) is 0 Å². The van der Waals surface area contributed by atoms with Crippen LogP contribution in [0.3, 0.4) is 0 Å². The monoisotopic (exact) mass is 608 g/mol. The zero-order chi connectivity index (χ0) is 27.5. The van der Waals surface area contributed by atoms with Gasteiger partial charge in [0.2, 0.25) is 17.0 Å². The number of halogens is 1. The van der Waals surface area contributed by atoms with Gasteiger partial charge in [-0.2, -0.15) is 0 Å². The molecule has 204 valence electrons.